The van der Waals surface area contributed by atoms with E-state index < -0.39 is 0 Å². The average Bonchev–Trinajstić information content (AvgIpc) is 3.18. The van der Waals surface area contributed by atoms with E-state index in [1.54, 1.807) is 35.2 Å². The normalized spacial score (nSPS) is 11.4. The van der Waals surface area contributed by atoms with Crippen LogP contribution in [0.2, 0.25) is 0 Å². The molecular weight excluding hydrogens is 417 g/mol. The van der Waals surface area contributed by atoms with Gasteiger partial charge < -0.3 is 4.90 Å². The Labute approximate surface area is 186 Å². The van der Waals surface area contributed by atoms with Crippen molar-refractivity contribution in [3.8, 4) is 0 Å². The largest absolute Gasteiger partial charge is 0.302 e. The van der Waals surface area contributed by atoms with Crippen LogP contribution in [0.4, 0.5) is 9.52 Å². The quantitative estimate of drug-likeness (QED) is 0.381. The Morgan fingerprint density at radius 2 is 1.83 bits per heavy atom. The number of nitrogens with zero attached hydrogens (tertiary/aromatic N) is 3. The molecule has 3 rings (SSSR count). The van der Waals surface area contributed by atoms with Gasteiger partial charge in [0.25, 0.3) is 0 Å². The fourth-order valence-corrected chi connectivity index (χ4v) is 5.15. The number of hydrogen-bond donors (Lipinski definition) is 0. The number of aromatic nitrogens is 1. The molecule has 0 fully saturated rings. The van der Waals surface area contributed by atoms with Gasteiger partial charge in [0.15, 0.2) is 5.13 Å². The van der Waals surface area contributed by atoms with Crippen LogP contribution < -0.4 is 4.90 Å². The number of rotatable bonds is 10. The molecule has 3 aromatic rings. The highest BCUT2D eigenvalue weighted by Gasteiger charge is 2.20. The predicted molar refractivity (Wildman–Crippen MR) is 126 cm³/mol. The van der Waals surface area contributed by atoms with E-state index in [2.05, 4.69) is 24.8 Å². The number of carbonyl (C=O) groups excluding carboxylic acids is 1. The molecule has 0 N–H and O–H groups in total. The Bertz CT molecular complexity index is 970. The standard InChI is InChI=1S/C23H28FN3OS2/c1-4-26(5-2)14-15-27(23-25-22-17(3)7-6-8-20(22)30-23)21(28)13-16-29-19-11-9-18(24)10-12-19/h6-12H,4-5,13-16H2,1-3H3. The van der Waals surface area contributed by atoms with Gasteiger partial charge in [-0.25, -0.2) is 9.37 Å². The van der Waals surface area contributed by atoms with Crippen molar-refractivity contribution in [1.29, 1.82) is 0 Å². The van der Waals surface area contributed by atoms with E-state index in [1.807, 2.05) is 24.0 Å². The smallest absolute Gasteiger partial charge is 0.229 e. The van der Waals surface area contributed by atoms with Gasteiger partial charge in [0, 0.05) is 30.2 Å². The molecule has 0 saturated carbocycles. The lowest BCUT2D eigenvalue weighted by molar-refractivity contribution is -0.118. The molecule has 0 aliphatic carbocycles. The minimum atomic E-state index is -0.246. The number of para-hydroxylation sites is 1. The number of thiazole rings is 1. The van der Waals surface area contributed by atoms with Gasteiger partial charge in [-0.2, -0.15) is 0 Å². The lowest BCUT2D eigenvalue weighted by atomic mass is 10.2. The van der Waals surface area contributed by atoms with Gasteiger partial charge in [-0.3, -0.25) is 9.69 Å². The summed E-state index contributed by atoms with van der Waals surface area (Å²) in [6, 6.07) is 12.5. The molecule has 0 atom stereocenters. The molecule has 160 valence electrons. The minimum Gasteiger partial charge on any atom is -0.302 e. The predicted octanol–water partition coefficient (Wildman–Crippen LogP) is 5.60. The van der Waals surface area contributed by atoms with Crippen LogP contribution >= 0.6 is 23.1 Å². The van der Waals surface area contributed by atoms with Crippen LogP contribution in [0.25, 0.3) is 10.2 Å². The fourth-order valence-electron chi connectivity index (χ4n) is 3.22. The van der Waals surface area contributed by atoms with Crippen molar-refractivity contribution in [2.45, 2.75) is 32.1 Å². The molecule has 1 amide bonds. The van der Waals surface area contributed by atoms with Gasteiger partial charge in [-0.1, -0.05) is 37.3 Å². The molecule has 0 unspecified atom stereocenters. The van der Waals surface area contributed by atoms with Crippen molar-refractivity contribution in [2.75, 3.05) is 36.8 Å². The molecule has 1 heterocycles. The maximum Gasteiger partial charge on any atom is 0.229 e. The van der Waals surface area contributed by atoms with Gasteiger partial charge >= 0.3 is 0 Å². The molecule has 4 nitrogen and oxygen atoms in total. The number of fused-ring (bicyclic) bond motifs is 1. The topological polar surface area (TPSA) is 36.4 Å². The van der Waals surface area contributed by atoms with E-state index in [9.17, 15) is 9.18 Å². The highest BCUT2D eigenvalue weighted by atomic mass is 32.2. The zero-order valence-corrected chi connectivity index (χ0v) is 19.4. The third-order valence-corrected chi connectivity index (χ3v) is 7.13. The second kappa shape index (κ2) is 10.9. The summed E-state index contributed by atoms with van der Waals surface area (Å²) in [5, 5.41) is 0.767. The van der Waals surface area contributed by atoms with Crippen molar-refractivity contribution >= 4 is 44.4 Å². The second-order valence-corrected chi connectivity index (χ2v) is 9.22. The maximum absolute atomic E-state index is 13.1. The number of halogens is 1. The van der Waals surface area contributed by atoms with Crippen molar-refractivity contribution < 1.29 is 9.18 Å². The summed E-state index contributed by atoms with van der Waals surface area (Å²) < 4.78 is 14.2. The van der Waals surface area contributed by atoms with Crippen LogP contribution in [0, 0.1) is 12.7 Å². The monoisotopic (exact) mass is 445 g/mol. The number of aryl methyl sites for hydroxylation is 1. The summed E-state index contributed by atoms with van der Waals surface area (Å²) in [7, 11) is 0. The van der Waals surface area contributed by atoms with Crippen LogP contribution in [0.3, 0.4) is 0 Å². The Hall–Kier alpha value is -1.96. The summed E-state index contributed by atoms with van der Waals surface area (Å²) in [5.41, 5.74) is 2.09. The molecule has 7 heteroatoms. The Balaban J connectivity index is 1.72. The van der Waals surface area contributed by atoms with Crippen LogP contribution in [-0.4, -0.2) is 47.7 Å². The first-order valence-electron chi connectivity index (χ1n) is 10.3. The SMILES string of the molecule is CCN(CC)CCN(C(=O)CCSc1ccc(F)cc1)c1nc2c(C)cccc2s1. The molecular formula is C23H28FN3OS2. The lowest BCUT2D eigenvalue weighted by Crippen LogP contribution is -2.39. The molecule has 0 spiro atoms. The highest BCUT2D eigenvalue weighted by molar-refractivity contribution is 7.99. The number of likely N-dealkylation sites (N-methyl/N-ethyl adjacent to an activating group) is 1. The Morgan fingerprint density at radius 3 is 2.50 bits per heavy atom. The highest BCUT2D eigenvalue weighted by Crippen LogP contribution is 2.31. The lowest BCUT2D eigenvalue weighted by Gasteiger charge is -2.24. The van der Waals surface area contributed by atoms with Crippen molar-refractivity contribution in [3.63, 3.8) is 0 Å². The maximum atomic E-state index is 13.1. The molecule has 1 aromatic heterocycles. The first kappa shape index (κ1) is 22.7. The van der Waals surface area contributed by atoms with Crippen LogP contribution in [0.15, 0.2) is 47.4 Å². The molecule has 0 bridgehead atoms. The summed E-state index contributed by atoms with van der Waals surface area (Å²) >= 11 is 3.14. The van der Waals surface area contributed by atoms with Gasteiger partial charge in [0.2, 0.25) is 5.91 Å². The average molecular weight is 446 g/mol. The van der Waals surface area contributed by atoms with Gasteiger partial charge in [0.05, 0.1) is 10.2 Å². The number of hydrogen-bond acceptors (Lipinski definition) is 5. The van der Waals surface area contributed by atoms with Crippen molar-refractivity contribution in [3.05, 3.63) is 53.8 Å². The first-order chi connectivity index (χ1) is 14.5. The van der Waals surface area contributed by atoms with Crippen LogP contribution in [0.5, 0.6) is 0 Å². The molecule has 0 radical (unpaired) electrons. The number of carbonyl (C=O) groups is 1. The molecule has 0 aliphatic heterocycles. The summed E-state index contributed by atoms with van der Waals surface area (Å²) in [4.78, 5) is 23.1. The molecule has 30 heavy (non-hydrogen) atoms. The van der Waals surface area contributed by atoms with E-state index in [0.717, 1.165) is 45.4 Å². The van der Waals surface area contributed by atoms with Crippen molar-refractivity contribution in [2.24, 2.45) is 0 Å². The Kier molecular flexibility index (Phi) is 8.24. The molecule has 2 aromatic carbocycles. The first-order valence-corrected chi connectivity index (χ1v) is 12.1. The van der Waals surface area contributed by atoms with E-state index in [1.165, 1.54) is 12.1 Å². The van der Waals surface area contributed by atoms with Crippen LogP contribution in [-0.2, 0) is 4.79 Å². The van der Waals surface area contributed by atoms with E-state index >= 15 is 0 Å². The second-order valence-electron chi connectivity index (χ2n) is 7.04. The number of benzene rings is 2. The summed E-state index contributed by atoms with van der Waals surface area (Å²) in [5.74, 6) is 0.480. The van der Waals surface area contributed by atoms with Crippen LogP contribution in [0.1, 0.15) is 25.8 Å². The number of anilines is 1. The number of thioether (sulfide) groups is 1. The van der Waals surface area contributed by atoms with Gasteiger partial charge in [-0.05, 0) is 55.9 Å². The summed E-state index contributed by atoms with van der Waals surface area (Å²) in [6.45, 7) is 9.68. The number of amides is 1. The zero-order valence-electron chi connectivity index (χ0n) is 17.7. The van der Waals surface area contributed by atoms with Gasteiger partial charge in [-0.15, -0.1) is 11.8 Å². The third kappa shape index (κ3) is 5.80. The third-order valence-electron chi connectivity index (χ3n) is 5.07. The van der Waals surface area contributed by atoms with E-state index in [-0.39, 0.29) is 11.7 Å². The Morgan fingerprint density at radius 1 is 1.10 bits per heavy atom. The zero-order chi connectivity index (χ0) is 21.5. The van der Waals surface area contributed by atoms with Crippen molar-refractivity contribution in [1.82, 2.24) is 9.88 Å². The molecule has 0 saturated heterocycles. The summed E-state index contributed by atoms with van der Waals surface area (Å²) in [6.07, 6.45) is 0.412. The minimum absolute atomic E-state index is 0.0773. The van der Waals surface area contributed by atoms with E-state index in [4.69, 9.17) is 4.98 Å². The van der Waals surface area contributed by atoms with Gasteiger partial charge in [0.1, 0.15) is 5.82 Å². The molecule has 0 aliphatic rings. The van der Waals surface area contributed by atoms with E-state index in [0.29, 0.717) is 18.7 Å². The fraction of sp³-hybridized carbons (Fsp3) is 0.391.